The lowest BCUT2D eigenvalue weighted by atomic mass is 10.1. The Kier molecular flexibility index (Phi) is 4.74. The molecule has 1 saturated heterocycles. The van der Waals surface area contributed by atoms with Crippen molar-refractivity contribution in [1.82, 2.24) is 24.6 Å². The average Bonchev–Trinajstić information content (AvgIpc) is 3.11. The second-order valence-corrected chi connectivity index (χ2v) is 9.41. The van der Waals surface area contributed by atoms with Crippen LogP contribution < -0.4 is 4.90 Å². The summed E-state index contributed by atoms with van der Waals surface area (Å²) >= 11 is 0. The van der Waals surface area contributed by atoms with Crippen LogP contribution in [-0.4, -0.2) is 57.6 Å². The second-order valence-electron chi connectivity index (χ2n) is 7.09. The molecule has 148 valence electrons. The Morgan fingerprint density at radius 1 is 1.25 bits per heavy atom. The monoisotopic (exact) mass is 404 g/mol. The molecule has 0 N–H and O–H groups in total. The van der Waals surface area contributed by atoms with Gasteiger partial charge in [-0.1, -0.05) is 0 Å². The Labute approximate surface area is 162 Å². The van der Waals surface area contributed by atoms with Crippen LogP contribution in [0.3, 0.4) is 0 Å². The summed E-state index contributed by atoms with van der Waals surface area (Å²) in [6.45, 7) is 2.57. The number of alkyl halides is 1. The Morgan fingerprint density at radius 3 is 2.82 bits per heavy atom. The molecular weight excluding hydrogens is 383 g/mol. The number of fused-ring (bicyclic) bond motifs is 1. The van der Waals surface area contributed by atoms with Crippen LogP contribution in [0.1, 0.15) is 31.6 Å². The molecule has 1 fully saturated rings. The minimum absolute atomic E-state index is 0.313. The highest BCUT2D eigenvalue weighted by Gasteiger charge is 2.28. The van der Waals surface area contributed by atoms with Gasteiger partial charge in [0.05, 0.1) is 22.8 Å². The van der Waals surface area contributed by atoms with Gasteiger partial charge < -0.3 is 4.90 Å². The zero-order chi connectivity index (χ0) is 19.9. The van der Waals surface area contributed by atoms with Gasteiger partial charge in [0.15, 0.2) is 15.5 Å². The Bertz CT molecular complexity index is 1110. The predicted molar refractivity (Wildman–Crippen MR) is 104 cm³/mol. The van der Waals surface area contributed by atoms with Crippen molar-refractivity contribution in [2.75, 3.05) is 24.2 Å². The molecule has 4 heterocycles. The van der Waals surface area contributed by atoms with Crippen molar-refractivity contribution in [2.45, 2.75) is 31.2 Å². The van der Waals surface area contributed by atoms with Crippen LogP contribution in [0, 0.1) is 0 Å². The van der Waals surface area contributed by atoms with E-state index in [1.54, 1.807) is 28.9 Å². The Morgan fingerprint density at radius 2 is 2.07 bits per heavy atom. The fourth-order valence-corrected chi connectivity index (χ4v) is 4.48. The molecule has 3 aromatic rings. The molecule has 2 atom stereocenters. The fourth-order valence-electron chi connectivity index (χ4n) is 3.43. The highest BCUT2D eigenvalue weighted by Crippen LogP contribution is 2.26. The van der Waals surface area contributed by atoms with Gasteiger partial charge in [-0.2, -0.15) is 5.10 Å². The largest absolute Gasteiger partial charge is 0.355 e. The van der Waals surface area contributed by atoms with E-state index in [9.17, 15) is 12.8 Å². The molecular formula is C18H21FN6O2S. The molecule has 4 rings (SSSR count). The molecule has 1 aliphatic heterocycles. The maximum atomic E-state index is 13.7. The number of piperidine rings is 1. The number of hydrogen-bond acceptors (Lipinski definition) is 7. The maximum absolute atomic E-state index is 13.7. The van der Waals surface area contributed by atoms with Crippen molar-refractivity contribution in [1.29, 1.82) is 0 Å². The molecule has 0 aliphatic carbocycles. The number of nitrogens with zero attached hydrogens (tertiary/aromatic N) is 6. The minimum atomic E-state index is -3.11. The van der Waals surface area contributed by atoms with E-state index in [0.717, 1.165) is 13.0 Å². The lowest BCUT2D eigenvalue weighted by Gasteiger charge is -2.32. The zero-order valence-electron chi connectivity index (χ0n) is 15.7. The van der Waals surface area contributed by atoms with Gasteiger partial charge in [-0.25, -0.2) is 32.3 Å². The highest BCUT2D eigenvalue weighted by molar-refractivity contribution is 7.91. The van der Waals surface area contributed by atoms with Gasteiger partial charge >= 0.3 is 0 Å². The molecule has 1 aliphatic rings. The first-order chi connectivity index (χ1) is 13.3. The van der Waals surface area contributed by atoms with E-state index in [0.29, 0.717) is 41.5 Å². The van der Waals surface area contributed by atoms with Gasteiger partial charge in [0.2, 0.25) is 0 Å². The molecule has 3 aromatic heterocycles. The molecule has 8 nitrogen and oxygen atoms in total. The third-order valence-corrected chi connectivity index (χ3v) is 6.61. The summed E-state index contributed by atoms with van der Waals surface area (Å²) in [7, 11) is -3.11. The summed E-state index contributed by atoms with van der Waals surface area (Å²) in [4.78, 5) is 14.9. The molecule has 28 heavy (non-hydrogen) atoms. The van der Waals surface area contributed by atoms with Gasteiger partial charge in [-0.05, 0) is 31.9 Å². The minimum Gasteiger partial charge on any atom is -0.355 e. The fraction of sp³-hybridized carbons (Fsp3) is 0.444. The number of rotatable bonds is 4. The molecule has 2 unspecified atom stereocenters. The first kappa shape index (κ1) is 18.7. The summed E-state index contributed by atoms with van der Waals surface area (Å²) in [5.74, 6) is 0.656. The van der Waals surface area contributed by atoms with Gasteiger partial charge in [0.25, 0.3) is 0 Å². The highest BCUT2D eigenvalue weighted by atomic mass is 32.2. The number of sulfone groups is 1. The van der Waals surface area contributed by atoms with E-state index in [4.69, 9.17) is 0 Å². The molecule has 0 amide bonds. The summed E-state index contributed by atoms with van der Waals surface area (Å²) in [5.41, 5.74) is 2.12. The molecule has 0 saturated carbocycles. The van der Waals surface area contributed by atoms with Crippen molar-refractivity contribution in [3.63, 3.8) is 0 Å². The topological polar surface area (TPSA) is 93.4 Å². The van der Waals surface area contributed by atoms with Gasteiger partial charge in [-0.3, -0.25) is 0 Å². The predicted octanol–water partition coefficient (Wildman–Crippen LogP) is 2.23. The van der Waals surface area contributed by atoms with Crippen molar-refractivity contribution < 1.29 is 12.8 Å². The molecule has 10 heteroatoms. The molecule has 0 radical (unpaired) electrons. The van der Waals surface area contributed by atoms with Crippen LogP contribution in [-0.2, 0) is 9.84 Å². The van der Waals surface area contributed by atoms with Crippen LogP contribution in [0.15, 0.2) is 30.7 Å². The van der Waals surface area contributed by atoms with Crippen molar-refractivity contribution >= 4 is 21.3 Å². The lowest BCUT2D eigenvalue weighted by molar-refractivity contribution is 0.362. The first-order valence-electron chi connectivity index (χ1n) is 9.08. The van der Waals surface area contributed by atoms with E-state index >= 15 is 0 Å². The molecule has 0 spiro atoms. The van der Waals surface area contributed by atoms with E-state index in [1.165, 1.54) is 19.5 Å². The summed E-state index contributed by atoms with van der Waals surface area (Å²) < 4.78 is 39.1. The van der Waals surface area contributed by atoms with Crippen LogP contribution in [0.2, 0.25) is 0 Å². The number of anilines is 1. The van der Waals surface area contributed by atoms with Gasteiger partial charge in [0.1, 0.15) is 24.0 Å². The normalized spacial score (nSPS) is 19.1. The molecule has 0 aromatic carbocycles. The Hall–Kier alpha value is -2.62. The maximum Gasteiger partial charge on any atom is 0.154 e. The Balaban J connectivity index is 1.70. The van der Waals surface area contributed by atoms with Crippen molar-refractivity contribution in [2.24, 2.45) is 0 Å². The van der Waals surface area contributed by atoms with Crippen molar-refractivity contribution in [3.8, 4) is 11.4 Å². The summed E-state index contributed by atoms with van der Waals surface area (Å²) in [6, 6.07) is 5.12. The third kappa shape index (κ3) is 3.56. The second kappa shape index (κ2) is 7.08. The van der Waals surface area contributed by atoms with E-state index in [1.807, 2.05) is 4.90 Å². The number of aromatic nitrogens is 5. The van der Waals surface area contributed by atoms with Crippen LogP contribution in [0.5, 0.6) is 0 Å². The van der Waals surface area contributed by atoms with Crippen LogP contribution >= 0.6 is 0 Å². The smallest absolute Gasteiger partial charge is 0.154 e. The number of hydrogen-bond donors (Lipinski definition) is 0. The number of halogens is 1. The van der Waals surface area contributed by atoms with E-state index in [-0.39, 0.29) is 0 Å². The average molecular weight is 404 g/mol. The first-order valence-corrected chi connectivity index (χ1v) is 11.0. The zero-order valence-corrected chi connectivity index (χ0v) is 16.5. The van der Waals surface area contributed by atoms with E-state index < -0.39 is 21.3 Å². The quantitative estimate of drug-likeness (QED) is 0.658. The van der Waals surface area contributed by atoms with E-state index in [2.05, 4.69) is 20.1 Å². The summed E-state index contributed by atoms with van der Waals surface area (Å²) in [5, 5.41) is 3.93. The van der Waals surface area contributed by atoms with Gasteiger partial charge in [-0.15, -0.1) is 0 Å². The third-order valence-electron chi connectivity index (χ3n) is 5.01. The lowest BCUT2D eigenvalue weighted by Crippen LogP contribution is -2.42. The van der Waals surface area contributed by atoms with Crippen LogP contribution in [0.25, 0.3) is 17.0 Å². The SMILES string of the molecule is CC(F)c1ccc2ncc(-c3cc(N4CCCC(S(C)(=O)=O)C4)ncn3)n2n1. The van der Waals surface area contributed by atoms with Crippen molar-refractivity contribution in [3.05, 3.63) is 36.4 Å². The number of imidazole rings is 1. The van der Waals surface area contributed by atoms with Crippen LogP contribution in [0.4, 0.5) is 10.2 Å². The van der Waals surface area contributed by atoms with Gasteiger partial charge in [0, 0.05) is 25.4 Å². The summed E-state index contributed by atoms with van der Waals surface area (Å²) in [6.07, 6.45) is 4.61. The molecule has 0 bridgehead atoms. The standard InChI is InChI=1S/C18H21FN6O2S/c1-12(19)14-5-6-17-20-9-16(25(17)23-14)15-8-18(22-11-21-15)24-7-3-4-13(10-24)28(2,26)27/h5-6,8-9,11-13H,3-4,7,10H2,1-2H3.